The average Bonchev–Trinajstić information content (AvgIpc) is 2.82. The van der Waals surface area contributed by atoms with E-state index in [1.807, 2.05) is 0 Å². The number of phenols is 2. The molecule has 0 aromatic heterocycles. The van der Waals surface area contributed by atoms with Crippen molar-refractivity contribution in [1.29, 1.82) is 0 Å². The van der Waals surface area contributed by atoms with Crippen molar-refractivity contribution < 1.29 is 64.5 Å². The Balaban J connectivity index is 1.61. The number of benzene rings is 1. The summed E-state index contributed by atoms with van der Waals surface area (Å²) in [7, 11) is 1.38. The lowest BCUT2D eigenvalue weighted by Crippen LogP contribution is -2.61. The number of aliphatic hydroxyl groups is 6. The summed E-state index contributed by atoms with van der Waals surface area (Å²) in [6.45, 7) is 0.874. The van der Waals surface area contributed by atoms with Crippen molar-refractivity contribution in [1.82, 2.24) is 0 Å². The second-order valence-electron chi connectivity index (χ2n) is 8.34. The summed E-state index contributed by atoms with van der Waals surface area (Å²) in [6.07, 6.45) is -14.8. The van der Waals surface area contributed by atoms with Gasteiger partial charge in [0.1, 0.15) is 48.8 Å². The molecule has 0 bridgehead atoms. The van der Waals surface area contributed by atoms with E-state index in [2.05, 4.69) is 0 Å². The van der Waals surface area contributed by atoms with E-state index in [1.54, 1.807) is 0 Å². The minimum absolute atomic E-state index is 0.190. The second-order valence-corrected chi connectivity index (χ2v) is 8.34. The van der Waals surface area contributed by atoms with Crippen LogP contribution in [0, 0.1) is 0 Å². The van der Waals surface area contributed by atoms with Crippen LogP contribution in [0.25, 0.3) is 0 Å². The Morgan fingerprint density at radius 2 is 1.41 bits per heavy atom. The highest BCUT2D eigenvalue weighted by Gasteiger charge is 2.47. The van der Waals surface area contributed by atoms with Crippen molar-refractivity contribution in [2.24, 2.45) is 0 Å². The normalized spacial score (nSPS) is 39.6. The molecule has 8 N–H and O–H groups in total. The second kappa shape index (κ2) is 11.4. The van der Waals surface area contributed by atoms with E-state index in [0.717, 1.165) is 0 Å². The van der Waals surface area contributed by atoms with Crippen LogP contribution in [-0.4, -0.2) is 123 Å². The number of ether oxygens (including phenoxy) is 5. The maximum absolute atomic E-state index is 10.3. The summed E-state index contributed by atoms with van der Waals surface area (Å²) in [5.41, 5.74) is 0.460. The first-order valence-electron chi connectivity index (χ1n) is 10.7. The Hall–Kier alpha value is -1.62. The first kappa shape index (κ1) is 27.0. The molecule has 2 heterocycles. The molecule has 3 rings (SSSR count). The van der Waals surface area contributed by atoms with Crippen LogP contribution in [0.15, 0.2) is 18.2 Å². The number of hydrogen-bond acceptors (Lipinski definition) is 13. The highest BCUT2D eigenvalue weighted by Crippen LogP contribution is 2.30. The highest BCUT2D eigenvalue weighted by molar-refractivity contribution is 5.41. The van der Waals surface area contributed by atoms with Crippen LogP contribution >= 0.6 is 0 Å². The number of phenolic OH excluding ortho intramolecular Hbond substituents is 2. The number of aromatic hydroxyl groups is 2. The van der Waals surface area contributed by atoms with Gasteiger partial charge in [-0.05, 0) is 24.6 Å². The zero-order chi connectivity index (χ0) is 25.2. The van der Waals surface area contributed by atoms with Gasteiger partial charge < -0.3 is 64.5 Å². The summed E-state index contributed by atoms with van der Waals surface area (Å²) in [4.78, 5) is 0. The van der Waals surface area contributed by atoms with E-state index in [0.29, 0.717) is 5.56 Å². The molecule has 0 spiro atoms. The number of aliphatic hydroxyl groups excluding tert-OH is 6. The Labute approximate surface area is 195 Å². The monoisotopic (exact) mass is 492 g/mol. The van der Waals surface area contributed by atoms with E-state index in [4.69, 9.17) is 23.7 Å². The van der Waals surface area contributed by atoms with Gasteiger partial charge in [0.2, 0.25) is 0 Å². The lowest BCUT2D eigenvalue weighted by molar-refractivity contribution is -0.329. The average molecular weight is 492 g/mol. The van der Waals surface area contributed by atoms with Gasteiger partial charge >= 0.3 is 0 Å². The van der Waals surface area contributed by atoms with E-state index < -0.39 is 74.1 Å². The summed E-state index contributed by atoms with van der Waals surface area (Å²) in [6, 6.07) is 4.05. The molecule has 1 aromatic carbocycles. The minimum Gasteiger partial charge on any atom is -0.504 e. The largest absolute Gasteiger partial charge is 0.504 e. The predicted octanol–water partition coefficient (Wildman–Crippen LogP) is -2.55. The van der Waals surface area contributed by atoms with Gasteiger partial charge in [0.25, 0.3) is 0 Å². The van der Waals surface area contributed by atoms with Gasteiger partial charge in [-0.2, -0.15) is 0 Å². The lowest BCUT2D eigenvalue weighted by atomic mass is 9.98. The molecule has 2 saturated heterocycles. The van der Waals surface area contributed by atoms with Crippen molar-refractivity contribution >= 4 is 0 Å². The van der Waals surface area contributed by atoms with Gasteiger partial charge in [0.15, 0.2) is 24.1 Å². The molecule has 13 nitrogen and oxygen atoms in total. The van der Waals surface area contributed by atoms with Gasteiger partial charge in [-0.15, -0.1) is 0 Å². The van der Waals surface area contributed by atoms with Gasteiger partial charge in [0, 0.05) is 7.11 Å². The van der Waals surface area contributed by atoms with Gasteiger partial charge in [-0.25, -0.2) is 0 Å². The minimum atomic E-state index is -1.66. The predicted molar refractivity (Wildman–Crippen MR) is 110 cm³/mol. The fourth-order valence-corrected chi connectivity index (χ4v) is 3.76. The summed E-state index contributed by atoms with van der Waals surface area (Å²) < 4.78 is 27.2. The standard InChI is InChI=1S/C21H32O13/c1-8-14(24)16(26)18(28)20(33-8)32-7-13-15(25)17(27)19(29)21(34-13)31-6-12(30-2)9-3-4-10(22)11(23)5-9/h3-5,8,12-29H,6-7H2,1-2H3. The molecule has 11 atom stereocenters. The zero-order valence-electron chi connectivity index (χ0n) is 18.6. The van der Waals surface area contributed by atoms with Crippen LogP contribution in [0.4, 0.5) is 0 Å². The van der Waals surface area contributed by atoms with Crippen LogP contribution in [0.5, 0.6) is 11.5 Å². The Kier molecular flexibility index (Phi) is 9.05. The van der Waals surface area contributed by atoms with Crippen LogP contribution in [-0.2, 0) is 23.7 Å². The molecule has 34 heavy (non-hydrogen) atoms. The molecule has 2 aliphatic heterocycles. The molecule has 0 amide bonds. The molecule has 0 aliphatic carbocycles. The number of hydrogen-bond donors (Lipinski definition) is 8. The third-order valence-corrected chi connectivity index (χ3v) is 5.97. The molecular weight excluding hydrogens is 460 g/mol. The molecular formula is C21H32O13. The summed E-state index contributed by atoms with van der Waals surface area (Å²) in [5, 5.41) is 79.7. The van der Waals surface area contributed by atoms with E-state index in [-0.39, 0.29) is 18.1 Å². The smallest absolute Gasteiger partial charge is 0.186 e. The molecule has 1 aromatic rings. The van der Waals surface area contributed by atoms with E-state index in [9.17, 15) is 40.9 Å². The Morgan fingerprint density at radius 1 is 0.794 bits per heavy atom. The topological polar surface area (TPSA) is 208 Å². The van der Waals surface area contributed by atoms with E-state index >= 15 is 0 Å². The first-order chi connectivity index (χ1) is 16.0. The molecule has 0 radical (unpaired) electrons. The first-order valence-corrected chi connectivity index (χ1v) is 10.7. The SMILES string of the molecule is COC(COC1OC(COC2OC(C)C(O)C(O)C2O)C(O)C(O)C1O)c1ccc(O)c(O)c1. The Morgan fingerprint density at radius 3 is 2.03 bits per heavy atom. The summed E-state index contributed by atoms with van der Waals surface area (Å²) >= 11 is 0. The van der Waals surface area contributed by atoms with Gasteiger partial charge in [0.05, 0.1) is 19.3 Å². The quantitative estimate of drug-likeness (QED) is 0.176. The van der Waals surface area contributed by atoms with Crippen LogP contribution in [0.2, 0.25) is 0 Å². The molecule has 2 aliphatic rings. The van der Waals surface area contributed by atoms with E-state index in [1.165, 1.54) is 32.2 Å². The van der Waals surface area contributed by atoms with Gasteiger partial charge in [-0.1, -0.05) is 6.07 Å². The number of rotatable bonds is 8. The van der Waals surface area contributed by atoms with Crippen molar-refractivity contribution in [3.05, 3.63) is 23.8 Å². The van der Waals surface area contributed by atoms with Crippen molar-refractivity contribution in [2.75, 3.05) is 20.3 Å². The number of methoxy groups -OCH3 is 1. The zero-order valence-corrected chi connectivity index (χ0v) is 18.6. The van der Waals surface area contributed by atoms with Crippen LogP contribution < -0.4 is 0 Å². The third kappa shape index (κ3) is 5.78. The summed E-state index contributed by atoms with van der Waals surface area (Å²) in [5.74, 6) is -0.669. The molecule has 0 saturated carbocycles. The molecule has 194 valence electrons. The van der Waals surface area contributed by atoms with Crippen molar-refractivity contribution in [2.45, 2.75) is 74.4 Å². The van der Waals surface area contributed by atoms with Crippen LogP contribution in [0.1, 0.15) is 18.6 Å². The third-order valence-electron chi connectivity index (χ3n) is 5.97. The molecule has 11 unspecified atom stereocenters. The molecule has 2 fully saturated rings. The molecule has 13 heteroatoms. The lowest BCUT2D eigenvalue weighted by Gasteiger charge is -2.42. The fourth-order valence-electron chi connectivity index (χ4n) is 3.76. The maximum Gasteiger partial charge on any atom is 0.186 e. The Bertz CT molecular complexity index is 794. The van der Waals surface area contributed by atoms with Gasteiger partial charge in [-0.3, -0.25) is 0 Å². The van der Waals surface area contributed by atoms with Crippen LogP contribution in [0.3, 0.4) is 0 Å². The van der Waals surface area contributed by atoms with Crippen molar-refractivity contribution in [3.63, 3.8) is 0 Å². The van der Waals surface area contributed by atoms with Crippen molar-refractivity contribution in [3.8, 4) is 11.5 Å². The highest BCUT2D eigenvalue weighted by atomic mass is 16.7. The fraction of sp³-hybridized carbons (Fsp3) is 0.714. The maximum atomic E-state index is 10.3.